The van der Waals surface area contributed by atoms with Gasteiger partial charge in [0.1, 0.15) is 6.04 Å². The molecule has 122 valence electrons. The summed E-state index contributed by atoms with van der Waals surface area (Å²) in [5.74, 6) is -0.220. The molecular weight excluding hydrogens is 300 g/mol. The summed E-state index contributed by atoms with van der Waals surface area (Å²) >= 11 is 0. The number of nitrogens with zero attached hydrogens (tertiary/aromatic N) is 2. The highest BCUT2D eigenvalue weighted by atomic mass is 16.5. The Balaban J connectivity index is 2.07. The van der Waals surface area contributed by atoms with Crippen LogP contribution < -0.4 is 0 Å². The van der Waals surface area contributed by atoms with Crippen LogP contribution in [0.2, 0.25) is 0 Å². The van der Waals surface area contributed by atoms with Gasteiger partial charge >= 0.3 is 5.97 Å². The SMILES string of the molecule is COC(=O)C1c2ccccc2-c2c(c3ccccc3n2C)CN1C. The van der Waals surface area contributed by atoms with E-state index < -0.39 is 6.04 Å². The van der Waals surface area contributed by atoms with Gasteiger partial charge in [-0.05, 0) is 24.2 Å². The Morgan fingerprint density at radius 2 is 1.79 bits per heavy atom. The van der Waals surface area contributed by atoms with Crippen molar-refractivity contribution >= 4 is 16.9 Å². The van der Waals surface area contributed by atoms with Gasteiger partial charge in [-0.15, -0.1) is 0 Å². The summed E-state index contributed by atoms with van der Waals surface area (Å²) in [6, 6.07) is 16.2. The summed E-state index contributed by atoms with van der Waals surface area (Å²) < 4.78 is 7.31. The highest BCUT2D eigenvalue weighted by molar-refractivity contribution is 5.94. The third kappa shape index (κ3) is 2.00. The molecule has 24 heavy (non-hydrogen) atoms. The molecule has 0 saturated carbocycles. The van der Waals surface area contributed by atoms with E-state index in [9.17, 15) is 4.79 Å². The third-order valence-electron chi connectivity index (χ3n) is 5.00. The van der Waals surface area contributed by atoms with Crippen LogP contribution in [0.5, 0.6) is 0 Å². The number of methoxy groups -OCH3 is 1. The standard InChI is InChI=1S/C20H20N2O2/c1-21-12-16-13-8-6-7-11-17(13)22(2)18(16)14-9-4-5-10-15(14)19(21)20(23)24-3/h4-11,19H,12H2,1-3H3. The molecule has 0 saturated heterocycles. The lowest BCUT2D eigenvalue weighted by molar-refractivity contribution is -0.146. The molecule has 0 aliphatic carbocycles. The van der Waals surface area contributed by atoms with Crippen LogP contribution in [0, 0.1) is 0 Å². The molecule has 0 spiro atoms. The van der Waals surface area contributed by atoms with E-state index in [4.69, 9.17) is 4.74 Å². The number of aromatic nitrogens is 1. The van der Waals surface area contributed by atoms with E-state index in [1.54, 1.807) is 0 Å². The second-order valence-corrected chi connectivity index (χ2v) is 6.33. The minimum atomic E-state index is -0.391. The van der Waals surface area contributed by atoms with Gasteiger partial charge in [-0.1, -0.05) is 42.5 Å². The van der Waals surface area contributed by atoms with Gasteiger partial charge in [0.05, 0.1) is 12.8 Å². The van der Waals surface area contributed by atoms with Crippen LogP contribution in [0.25, 0.3) is 22.2 Å². The lowest BCUT2D eigenvalue weighted by atomic mass is 9.97. The average Bonchev–Trinajstić information content (AvgIpc) is 2.80. The summed E-state index contributed by atoms with van der Waals surface area (Å²) in [5, 5.41) is 1.24. The fourth-order valence-corrected chi connectivity index (χ4v) is 3.92. The largest absolute Gasteiger partial charge is 0.468 e. The fraction of sp³-hybridized carbons (Fsp3) is 0.250. The second-order valence-electron chi connectivity index (χ2n) is 6.33. The van der Waals surface area contributed by atoms with Gasteiger partial charge < -0.3 is 9.30 Å². The molecule has 0 N–H and O–H groups in total. The van der Waals surface area contributed by atoms with E-state index in [1.165, 1.54) is 29.3 Å². The van der Waals surface area contributed by atoms with Crippen molar-refractivity contribution in [2.45, 2.75) is 12.6 Å². The van der Waals surface area contributed by atoms with E-state index in [2.05, 4.69) is 46.8 Å². The van der Waals surface area contributed by atoms with Gasteiger partial charge in [0.15, 0.2) is 0 Å². The van der Waals surface area contributed by atoms with Crippen molar-refractivity contribution in [2.24, 2.45) is 7.05 Å². The zero-order valence-electron chi connectivity index (χ0n) is 14.1. The highest BCUT2D eigenvalue weighted by Crippen LogP contribution is 2.42. The van der Waals surface area contributed by atoms with E-state index in [1.807, 2.05) is 25.2 Å². The monoisotopic (exact) mass is 320 g/mol. The van der Waals surface area contributed by atoms with Crippen molar-refractivity contribution in [3.05, 3.63) is 59.7 Å². The Labute approximate surface area is 141 Å². The molecule has 3 aromatic rings. The molecule has 1 aliphatic rings. The Morgan fingerprint density at radius 3 is 2.58 bits per heavy atom. The number of para-hydroxylation sites is 1. The number of rotatable bonds is 1. The minimum Gasteiger partial charge on any atom is -0.468 e. The van der Waals surface area contributed by atoms with Crippen molar-refractivity contribution in [1.29, 1.82) is 0 Å². The third-order valence-corrected chi connectivity index (χ3v) is 5.00. The first-order valence-corrected chi connectivity index (χ1v) is 8.07. The summed E-state index contributed by atoms with van der Waals surface area (Å²) in [6.07, 6.45) is 0. The Kier molecular flexibility index (Phi) is 3.43. The smallest absolute Gasteiger partial charge is 0.327 e. The van der Waals surface area contributed by atoms with Crippen molar-refractivity contribution in [1.82, 2.24) is 9.47 Å². The van der Waals surface area contributed by atoms with Crippen molar-refractivity contribution < 1.29 is 9.53 Å². The number of carbonyl (C=O) groups excluding carboxylic acids is 1. The van der Waals surface area contributed by atoms with Crippen LogP contribution in [0.15, 0.2) is 48.5 Å². The van der Waals surface area contributed by atoms with E-state index in [0.717, 1.165) is 11.1 Å². The molecule has 1 aromatic heterocycles. The first-order chi connectivity index (χ1) is 11.6. The molecule has 0 bridgehead atoms. The van der Waals surface area contributed by atoms with E-state index >= 15 is 0 Å². The fourth-order valence-electron chi connectivity index (χ4n) is 3.92. The van der Waals surface area contributed by atoms with Crippen LogP contribution in [0.4, 0.5) is 0 Å². The molecule has 1 atom stereocenters. The van der Waals surface area contributed by atoms with Crippen LogP contribution in [-0.2, 0) is 23.1 Å². The molecule has 0 amide bonds. The summed E-state index contributed by atoms with van der Waals surface area (Å²) in [4.78, 5) is 14.5. The average molecular weight is 320 g/mol. The second kappa shape index (κ2) is 5.49. The molecule has 2 aromatic carbocycles. The number of aryl methyl sites for hydroxylation is 1. The topological polar surface area (TPSA) is 34.5 Å². The first kappa shape index (κ1) is 15.0. The number of fused-ring (bicyclic) bond motifs is 5. The van der Waals surface area contributed by atoms with Crippen LogP contribution in [0.1, 0.15) is 17.2 Å². The lowest BCUT2D eigenvalue weighted by Crippen LogP contribution is -2.30. The molecular formula is C20H20N2O2. The van der Waals surface area contributed by atoms with Crippen LogP contribution in [0.3, 0.4) is 0 Å². The minimum absolute atomic E-state index is 0.220. The van der Waals surface area contributed by atoms with Crippen molar-refractivity contribution in [3.63, 3.8) is 0 Å². The Hall–Kier alpha value is -2.59. The maximum absolute atomic E-state index is 12.4. The number of hydrogen-bond acceptors (Lipinski definition) is 3. The predicted octanol–water partition coefficient (Wildman–Crippen LogP) is 3.50. The van der Waals surface area contributed by atoms with Gasteiger partial charge in [-0.3, -0.25) is 4.90 Å². The lowest BCUT2D eigenvalue weighted by Gasteiger charge is -2.25. The number of esters is 1. The maximum atomic E-state index is 12.4. The Bertz CT molecular complexity index is 942. The molecule has 0 fully saturated rings. The number of benzene rings is 2. The zero-order valence-corrected chi connectivity index (χ0v) is 14.1. The molecule has 1 aliphatic heterocycles. The van der Waals surface area contributed by atoms with Gasteiger partial charge in [0, 0.05) is 30.1 Å². The van der Waals surface area contributed by atoms with Gasteiger partial charge in [0.25, 0.3) is 0 Å². The molecule has 4 heteroatoms. The number of ether oxygens (including phenoxy) is 1. The zero-order chi connectivity index (χ0) is 16.8. The normalized spacial score (nSPS) is 17.2. The number of hydrogen-bond donors (Lipinski definition) is 0. The first-order valence-electron chi connectivity index (χ1n) is 8.07. The van der Waals surface area contributed by atoms with E-state index in [-0.39, 0.29) is 5.97 Å². The van der Waals surface area contributed by atoms with Gasteiger partial charge in [-0.25, -0.2) is 4.79 Å². The molecule has 2 heterocycles. The van der Waals surface area contributed by atoms with E-state index in [0.29, 0.717) is 6.54 Å². The maximum Gasteiger partial charge on any atom is 0.327 e. The molecule has 4 nitrogen and oxygen atoms in total. The van der Waals surface area contributed by atoms with Crippen molar-refractivity contribution in [2.75, 3.05) is 14.2 Å². The molecule has 0 radical (unpaired) electrons. The van der Waals surface area contributed by atoms with Gasteiger partial charge in [-0.2, -0.15) is 0 Å². The van der Waals surface area contributed by atoms with Crippen LogP contribution in [-0.4, -0.2) is 29.6 Å². The quantitative estimate of drug-likeness (QED) is 0.644. The van der Waals surface area contributed by atoms with Crippen molar-refractivity contribution in [3.8, 4) is 11.3 Å². The number of likely N-dealkylation sites (N-methyl/N-ethyl adjacent to an activating group) is 1. The molecule has 1 unspecified atom stereocenters. The Morgan fingerprint density at radius 1 is 1.08 bits per heavy atom. The number of carbonyl (C=O) groups is 1. The predicted molar refractivity (Wildman–Crippen MR) is 94.6 cm³/mol. The summed E-state index contributed by atoms with van der Waals surface area (Å²) in [5.41, 5.74) is 5.75. The summed E-state index contributed by atoms with van der Waals surface area (Å²) in [7, 11) is 5.53. The molecule has 4 rings (SSSR count). The highest BCUT2D eigenvalue weighted by Gasteiger charge is 2.34. The van der Waals surface area contributed by atoms with Crippen LogP contribution >= 0.6 is 0 Å². The summed E-state index contributed by atoms with van der Waals surface area (Å²) in [6.45, 7) is 0.700. The van der Waals surface area contributed by atoms with Gasteiger partial charge in [0.2, 0.25) is 0 Å².